The quantitative estimate of drug-likeness (QED) is 0.399. The Morgan fingerprint density at radius 1 is 1.07 bits per heavy atom. The van der Waals surface area contributed by atoms with E-state index < -0.39 is 36.3 Å². The summed E-state index contributed by atoms with van der Waals surface area (Å²) in [5.41, 5.74) is 0.936. The van der Waals surface area contributed by atoms with E-state index in [-0.39, 0.29) is 23.7 Å². The van der Waals surface area contributed by atoms with Crippen molar-refractivity contribution in [2.24, 2.45) is 0 Å². The van der Waals surface area contributed by atoms with Gasteiger partial charge < -0.3 is 10.1 Å². The minimum absolute atomic E-state index is 0.133. The maximum atomic E-state index is 12.4. The average Bonchev–Trinajstić information content (AvgIpc) is 3.02. The first-order valence-corrected chi connectivity index (χ1v) is 9.78. The van der Waals surface area contributed by atoms with E-state index in [0.29, 0.717) is 16.9 Å². The van der Waals surface area contributed by atoms with Crippen molar-refractivity contribution in [3.63, 3.8) is 0 Å². The molecule has 1 aliphatic heterocycles. The molecule has 1 aliphatic rings. The molecule has 0 radical (unpaired) electrons. The van der Waals surface area contributed by atoms with Crippen LogP contribution < -0.4 is 5.32 Å². The first kappa shape index (κ1) is 21.5. The van der Waals surface area contributed by atoms with E-state index >= 15 is 0 Å². The van der Waals surface area contributed by atoms with Gasteiger partial charge in [-0.1, -0.05) is 13.3 Å². The van der Waals surface area contributed by atoms with Gasteiger partial charge in [-0.05, 0) is 32.8 Å². The lowest BCUT2D eigenvalue weighted by molar-refractivity contribution is -0.143. The lowest BCUT2D eigenvalue weighted by Crippen LogP contribution is -2.39. The van der Waals surface area contributed by atoms with Crippen LogP contribution in [0.1, 0.15) is 47.5 Å². The van der Waals surface area contributed by atoms with E-state index in [0.717, 1.165) is 16.2 Å². The Kier molecular flexibility index (Phi) is 6.90. The van der Waals surface area contributed by atoms with Crippen molar-refractivity contribution >= 4 is 46.1 Å². The Bertz CT molecular complexity index is 832. The van der Waals surface area contributed by atoms with Crippen LogP contribution in [0.15, 0.2) is 0 Å². The molecule has 1 fully saturated rings. The second-order valence-electron chi connectivity index (χ2n) is 6.24. The van der Waals surface area contributed by atoms with E-state index in [1.807, 2.05) is 6.92 Å². The number of aryl methyl sites for hydroxylation is 1. The fourth-order valence-corrected chi connectivity index (χ4v) is 3.74. The summed E-state index contributed by atoms with van der Waals surface area (Å²) in [6.07, 6.45) is 1.32. The normalized spacial score (nSPS) is 14.1. The topological polar surface area (TPSA) is 113 Å². The predicted molar refractivity (Wildman–Crippen MR) is 102 cm³/mol. The summed E-state index contributed by atoms with van der Waals surface area (Å²) in [7, 11) is 0. The van der Waals surface area contributed by atoms with Gasteiger partial charge in [-0.25, -0.2) is 14.5 Å². The standard InChI is InChI=1S/C18H23N3O6S/c1-5-7-8-20-15(23)16(24)21(18(20)26)9-12(22)19-14-13(17(25)27-6-2)10(3)11(4)28-14/h5-9H2,1-4H3,(H,19,22). The van der Waals surface area contributed by atoms with Gasteiger partial charge in [0.05, 0.1) is 12.2 Å². The SMILES string of the molecule is CCCCN1C(=O)C(=O)N(CC(=O)Nc2sc(C)c(C)c2C(=O)OCC)C1=O. The largest absolute Gasteiger partial charge is 0.462 e. The summed E-state index contributed by atoms with van der Waals surface area (Å²) >= 11 is 1.20. The fourth-order valence-electron chi connectivity index (χ4n) is 2.68. The first-order chi connectivity index (χ1) is 13.2. The number of imide groups is 2. The number of carbonyl (C=O) groups excluding carboxylic acids is 5. The van der Waals surface area contributed by atoms with Gasteiger partial charge in [-0.2, -0.15) is 0 Å². The number of unbranched alkanes of at least 4 members (excludes halogenated alkanes) is 1. The van der Waals surface area contributed by atoms with E-state index in [1.165, 1.54) is 11.3 Å². The number of anilines is 1. The van der Waals surface area contributed by atoms with Gasteiger partial charge in [0.15, 0.2) is 0 Å². The minimum atomic E-state index is -1.03. The van der Waals surface area contributed by atoms with Gasteiger partial charge in [0.1, 0.15) is 11.5 Å². The molecule has 1 N–H and O–H groups in total. The molecule has 0 aliphatic carbocycles. The number of ether oxygens (including phenoxy) is 1. The molecule has 0 unspecified atom stereocenters. The third kappa shape index (κ3) is 4.22. The minimum Gasteiger partial charge on any atom is -0.462 e. The summed E-state index contributed by atoms with van der Waals surface area (Å²) in [5.74, 6) is -3.20. The van der Waals surface area contributed by atoms with Crippen LogP contribution in [0.5, 0.6) is 0 Å². The van der Waals surface area contributed by atoms with Crippen LogP contribution in [0, 0.1) is 13.8 Å². The molecule has 0 bridgehead atoms. The second-order valence-corrected chi connectivity index (χ2v) is 7.46. The average molecular weight is 409 g/mol. The summed E-state index contributed by atoms with van der Waals surface area (Å²) in [4.78, 5) is 63.2. The van der Waals surface area contributed by atoms with Crippen LogP contribution in [0.3, 0.4) is 0 Å². The summed E-state index contributed by atoms with van der Waals surface area (Å²) < 4.78 is 5.02. The molecule has 1 saturated heterocycles. The Morgan fingerprint density at radius 3 is 2.32 bits per heavy atom. The van der Waals surface area contributed by atoms with Crippen molar-refractivity contribution in [1.29, 1.82) is 0 Å². The number of nitrogens with one attached hydrogen (secondary N) is 1. The van der Waals surface area contributed by atoms with Crippen LogP contribution in [-0.2, 0) is 19.1 Å². The molecule has 28 heavy (non-hydrogen) atoms. The Morgan fingerprint density at radius 2 is 1.71 bits per heavy atom. The highest BCUT2D eigenvalue weighted by Crippen LogP contribution is 2.33. The van der Waals surface area contributed by atoms with Crippen LogP contribution in [0.25, 0.3) is 0 Å². The number of urea groups is 1. The molecule has 2 rings (SSSR count). The van der Waals surface area contributed by atoms with Gasteiger partial charge in [0.25, 0.3) is 0 Å². The van der Waals surface area contributed by atoms with Crippen LogP contribution in [-0.4, -0.2) is 59.2 Å². The number of amides is 5. The molecule has 0 atom stereocenters. The van der Waals surface area contributed by atoms with Crippen molar-refractivity contribution < 1.29 is 28.7 Å². The molecule has 152 valence electrons. The van der Waals surface area contributed by atoms with E-state index in [1.54, 1.807) is 20.8 Å². The molecule has 2 heterocycles. The van der Waals surface area contributed by atoms with E-state index in [2.05, 4.69) is 5.32 Å². The number of hydrogen-bond acceptors (Lipinski definition) is 7. The highest BCUT2D eigenvalue weighted by atomic mass is 32.1. The molecular weight excluding hydrogens is 386 g/mol. The van der Waals surface area contributed by atoms with Crippen LogP contribution >= 0.6 is 11.3 Å². The zero-order valence-electron chi connectivity index (χ0n) is 16.3. The zero-order chi connectivity index (χ0) is 21.0. The monoisotopic (exact) mass is 409 g/mol. The van der Waals surface area contributed by atoms with Crippen molar-refractivity contribution in [2.75, 3.05) is 25.0 Å². The van der Waals surface area contributed by atoms with Crippen molar-refractivity contribution in [3.05, 3.63) is 16.0 Å². The van der Waals surface area contributed by atoms with Gasteiger partial charge in [-0.15, -0.1) is 11.3 Å². The highest BCUT2D eigenvalue weighted by Gasteiger charge is 2.44. The number of esters is 1. The number of thiophene rings is 1. The van der Waals surface area contributed by atoms with Gasteiger partial charge in [0, 0.05) is 11.4 Å². The predicted octanol–water partition coefficient (Wildman–Crippen LogP) is 2.07. The fraction of sp³-hybridized carbons (Fsp3) is 0.500. The van der Waals surface area contributed by atoms with Crippen LogP contribution in [0.4, 0.5) is 9.80 Å². The van der Waals surface area contributed by atoms with Gasteiger partial charge in [0.2, 0.25) is 5.91 Å². The third-order valence-corrected chi connectivity index (χ3v) is 5.41. The Labute approximate surface area is 166 Å². The number of nitrogens with zero attached hydrogens (tertiary/aromatic N) is 2. The second kappa shape index (κ2) is 8.96. The highest BCUT2D eigenvalue weighted by molar-refractivity contribution is 7.16. The number of hydrogen-bond donors (Lipinski definition) is 1. The van der Waals surface area contributed by atoms with Crippen molar-refractivity contribution in [2.45, 2.75) is 40.5 Å². The molecule has 1 aromatic rings. The first-order valence-electron chi connectivity index (χ1n) is 8.97. The molecule has 0 spiro atoms. The Hall–Kier alpha value is -2.75. The van der Waals surface area contributed by atoms with Gasteiger partial charge in [-0.3, -0.25) is 19.3 Å². The zero-order valence-corrected chi connectivity index (χ0v) is 17.1. The molecule has 10 heteroatoms. The molecule has 9 nitrogen and oxygen atoms in total. The van der Waals surface area contributed by atoms with E-state index in [9.17, 15) is 24.0 Å². The molecular formula is C18H23N3O6S. The van der Waals surface area contributed by atoms with Crippen molar-refractivity contribution in [3.8, 4) is 0 Å². The number of rotatable bonds is 8. The summed E-state index contributed by atoms with van der Waals surface area (Å²) in [6, 6.07) is -0.803. The lowest BCUT2D eigenvalue weighted by atomic mass is 10.1. The molecule has 0 aromatic carbocycles. The Balaban J connectivity index is 2.14. The van der Waals surface area contributed by atoms with E-state index in [4.69, 9.17) is 4.74 Å². The maximum Gasteiger partial charge on any atom is 0.341 e. The third-order valence-electron chi connectivity index (χ3n) is 4.29. The summed E-state index contributed by atoms with van der Waals surface area (Å²) in [6.45, 7) is 6.83. The molecule has 5 amide bonds. The lowest BCUT2D eigenvalue weighted by Gasteiger charge is -2.15. The maximum absolute atomic E-state index is 12.4. The summed E-state index contributed by atoms with van der Waals surface area (Å²) in [5, 5.41) is 2.84. The molecule has 0 saturated carbocycles. The van der Waals surface area contributed by atoms with Crippen LogP contribution in [0.2, 0.25) is 0 Å². The van der Waals surface area contributed by atoms with Gasteiger partial charge >= 0.3 is 23.8 Å². The van der Waals surface area contributed by atoms with Crippen molar-refractivity contribution in [1.82, 2.24) is 9.80 Å². The number of carbonyl (C=O) groups is 5. The smallest absolute Gasteiger partial charge is 0.341 e. The molecule has 1 aromatic heterocycles.